The van der Waals surface area contributed by atoms with Gasteiger partial charge < -0.3 is 19.9 Å². The van der Waals surface area contributed by atoms with E-state index in [1.54, 1.807) is 60.7 Å². The van der Waals surface area contributed by atoms with Gasteiger partial charge in [-0.25, -0.2) is 30.4 Å². The molecule has 0 aromatic heterocycles. The highest BCUT2D eigenvalue weighted by atomic mass is 32.2. The molecular weight excluding hydrogens is 845 g/mol. The SMILES string of the molecule is COC(=O)c1ccc(CN(c2ccccc2)S(=O)(=O)CCCN2CCOCC2)c(F)c1.NCC(=O)c1ccc(CN(c2ccccc2)S(=O)(=O)CCCN2CCOCC2)c(F)c1. The predicted octanol–water partition coefficient (Wildman–Crippen LogP) is 4.70. The van der Waals surface area contributed by atoms with Gasteiger partial charge in [0.25, 0.3) is 0 Å². The molecule has 0 radical (unpaired) electrons. The van der Waals surface area contributed by atoms with Gasteiger partial charge in [-0.3, -0.25) is 23.2 Å². The summed E-state index contributed by atoms with van der Waals surface area (Å²) in [6.07, 6.45) is 0.938. The van der Waals surface area contributed by atoms with Crippen molar-refractivity contribution in [3.05, 3.63) is 131 Å². The highest BCUT2D eigenvalue weighted by Gasteiger charge is 2.26. The van der Waals surface area contributed by atoms with Crippen LogP contribution in [0.2, 0.25) is 0 Å². The number of carbonyl (C=O) groups is 2. The fraction of sp³-hybridized carbons (Fsp3) is 0.409. The van der Waals surface area contributed by atoms with Gasteiger partial charge in [-0.05, 0) is 68.4 Å². The zero-order valence-electron chi connectivity index (χ0n) is 34.9. The minimum atomic E-state index is -3.71. The molecule has 2 N–H and O–H groups in total. The molecule has 62 heavy (non-hydrogen) atoms. The number of ketones is 1. The van der Waals surface area contributed by atoms with Gasteiger partial charge in [-0.2, -0.15) is 0 Å². The Balaban J connectivity index is 0.000000234. The van der Waals surface area contributed by atoms with Crippen molar-refractivity contribution in [2.45, 2.75) is 25.9 Å². The molecule has 336 valence electrons. The van der Waals surface area contributed by atoms with Gasteiger partial charge in [0.2, 0.25) is 20.0 Å². The molecule has 0 aliphatic carbocycles. The first-order chi connectivity index (χ1) is 29.8. The van der Waals surface area contributed by atoms with Crippen molar-refractivity contribution >= 4 is 43.2 Å². The maximum Gasteiger partial charge on any atom is 0.337 e. The average Bonchev–Trinajstić information content (AvgIpc) is 3.28. The van der Waals surface area contributed by atoms with E-state index in [0.29, 0.717) is 63.7 Å². The lowest BCUT2D eigenvalue weighted by atomic mass is 10.1. The highest BCUT2D eigenvalue weighted by Crippen LogP contribution is 2.25. The van der Waals surface area contributed by atoms with Gasteiger partial charge >= 0.3 is 5.97 Å². The van der Waals surface area contributed by atoms with Crippen molar-refractivity contribution in [3.8, 4) is 0 Å². The third kappa shape index (κ3) is 14.1. The van der Waals surface area contributed by atoms with Crippen LogP contribution in [0, 0.1) is 11.6 Å². The largest absolute Gasteiger partial charge is 0.465 e. The predicted molar refractivity (Wildman–Crippen MR) is 234 cm³/mol. The number of rotatable bonds is 19. The Labute approximate surface area is 363 Å². The summed E-state index contributed by atoms with van der Waals surface area (Å²) in [5.74, 6) is -2.43. The maximum absolute atomic E-state index is 14.7. The van der Waals surface area contributed by atoms with E-state index in [0.717, 1.165) is 38.3 Å². The Morgan fingerprint density at radius 3 is 1.44 bits per heavy atom. The van der Waals surface area contributed by atoms with Crippen LogP contribution in [0.15, 0.2) is 97.1 Å². The Bertz CT molecular complexity index is 2120. The average molecular weight is 900 g/mol. The number of hydrogen-bond acceptors (Lipinski definition) is 12. The Hall–Kier alpha value is -4.82. The summed E-state index contributed by atoms with van der Waals surface area (Å²) < 4.78 is 99.8. The molecule has 2 heterocycles. The molecule has 0 amide bonds. The van der Waals surface area contributed by atoms with E-state index < -0.39 is 37.7 Å². The van der Waals surface area contributed by atoms with Gasteiger partial charge in [-0.1, -0.05) is 54.6 Å². The fourth-order valence-corrected chi connectivity index (χ4v) is 9.88. The number of Topliss-reactive ketones (excluding diaryl/α,β-unsaturated/α-hetero) is 1. The van der Waals surface area contributed by atoms with Crippen LogP contribution in [0.3, 0.4) is 0 Å². The topological polar surface area (TPSA) is 169 Å². The van der Waals surface area contributed by atoms with E-state index in [4.69, 9.17) is 15.2 Å². The van der Waals surface area contributed by atoms with Crippen LogP contribution in [0.5, 0.6) is 0 Å². The van der Waals surface area contributed by atoms with Crippen molar-refractivity contribution in [2.24, 2.45) is 5.73 Å². The number of esters is 1. The molecule has 0 saturated carbocycles. The van der Waals surface area contributed by atoms with Crippen LogP contribution >= 0.6 is 0 Å². The normalized spacial score (nSPS) is 15.0. The Kier molecular flexibility index (Phi) is 18.3. The van der Waals surface area contributed by atoms with Gasteiger partial charge in [-0.15, -0.1) is 0 Å². The Morgan fingerprint density at radius 1 is 0.645 bits per heavy atom. The van der Waals surface area contributed by atoms with Crippen LogP contribution in [0.4, 0.5) is 20.2 Å². The number of nitrogens with zero attached hydrogens (tertiary/aromatic N) is 4. The van der Waals surface area contributed by atoms with Crippen molar-refractivity contribution in [3.63, 3.8) is 0 Å². The molecule has 0 atom stereocenters. The summed E-state index contributed by atoms with van der Waals surface area (Å²) >= 11 is 0. The molecule has 0 spiro atoms. The summed E-state index contributed by atoms with van der Waals surface area (Å²) in [6, 6.07) is 25.2. The summed E-state index contributed by atoms with van der Waals surface area (Å²) in [7, 11) is -6.19. The number of halogens is 2. The molecule has 0 bridgehead atoms. The lowest BCUT2D eigenvalue weighted by molar-refractivity contribution is 0.0380. The monoisotopic (exact) mass is 899 g/mol. The summed E-state index contributed by atoms with van der Waals surface area (Å²) in [4.78, 5) is 27.7. The number of methoxy groups -OCH3 is 1. The number of sulfonamides is 2. The molecule has 18 heteroatoms. The molecular formula is C44H55F2N5O9S2. The van der Waals surface area contributed by atoms with Crippen LogP contribution in [0.25, 0.3) is 0 Å². The second-order valence-electron chi connectivity index (χ2n) is 14.7. The zero-order chi connectivity index (χ0) is 44.5. The van der Waals surface area contributed by atoms with E-state index in [-0.39, 0.29) is 59.2 Å². The summed E-state index contributed by atoms with van der Waals surface area (Å²) in [6.45, 7) is 6.58. The van der Waals surface area contributed by atoms with E-state index in [2.05, 4.69) is 14.5 Å². The molecule has 2 aliphatic heterocycles. The first-order valence-corrected chi connectivity index (χ1v) is 23.6. The third-order valence-electron chi connectivity index (χ3n) is 10.4. The van der Waals surface area contributed by atoms with Gasteiger partial charge in [0.1, 0.15) is 11.6 Å². The molecule has 4 aromatic rings. The minimum Gasteiger partial charge on any atom is -0.465 e. The molecule has 4 aromatic carbocycles. The smallest absolute Gasteiger partial charge is 0.337 e. The molecule has 2 saturated heterocycles. The quantitative estimate of drug-likeness (QED) is 0.102. The first-order valence-electron chi connectivity index (χ1n) is 20.4. The highest BCUT2D eigenvalue weighted by molar-refractivity contribution is 7.93. The van der Waals surface area contributed by atoms with E-state index in [1.807, 2.05) is 0 Å². The molecule has 2 aliphatic rings. The van der Waals surface area contributed by atoms with E-state index in [1.165, 1.54) is 40.0 Å². The number of morpholine rings is 2. The number of nitrogens with two attached hydrogens (primary N) is 1. The van der Waals surface area contributed by atoms with E-state index >= 15 is 0 Å². The number of anilines is 2. The van der Waals surface area contributed by atoms with Crippen LogP contribution in [-0.4, -0.2) is 129 Å². The van der Waals surface area contributed by atoms with Crippen molar-refractivity contribution in [2.75, 3.05) is 99.5 Å². The van der Waals surface area contributed by atoms with Crippen LogP contribution < -0.4 is 14.3 Å². The van der Waals surface area contributed by atoms with Crippen LogP contribution in [0.1, 0.15) is 44.7 Å². The molecule has 6 rings (SSSR count). The second kappa shape index (κ2) is 23.6. The molecule has 14 nitrogen and oxygen atoms in total. The summed E-state index contributed by atoms with van der Waals surface area (Å²) in [5, 5.41) is 0. The van der Waals surface area contributed by atoms with Crippen LogP contribution in [-0.2, 0) is 47.3 Å². The number of hydrogen-bond donors (Lipinski definition) is 1. The van der Waals surface area contributed by atoms with Crippen molar-refractivity contribution in [1.29, 1.82) is 0 Å². The number of benzene rings is 4. The van der Waals surface area contributed by atoms with Crippen molar-refractivity contribution in [1.82, 2.24) is 9.80 Å². The number of para-hydroxylation sites is 2. The zero-order valence-corrected chi connectivity index (χ0v) is 36.5. The lowest BCUT2D eigenvalue weighted by Gasteiger charge is -2.28. The van der Waals surface area contributed by atoms with Crippen molar-refractivity contribution < 1.29 is 49.4 Å². The second-order valence-corrected chi connectivity index (χ2v) is 18.7. The van der Waals surface area contributed by atoms with Gasteiger partial charge in [0.05, 0.1) is 81.6 Å². The maximum atomic E-state index is 14.7. The fourth-order valence-electron chi connectivity index (χ4n) is 6.90. The standard InChI is InChI=1S/C22H28FN3O4S.C22H27FN2O5S/c23-21-15-18(22(27)16-24)7-8-19(21)17-26(20-5-2-1-3-6-20)31(28,29)14-4-9-25-10-12-30-13-11-25;1-29-22(26)18-8-9-19(21(23)16-18)17-25(20-6-3-2-4-7-20)31(27,28)15-5-10-24-11-13-30-14-12-24/h1-3,5-8,15H,4,9-14,16-17,24H2;2-4,6-9,16H,5,10-15,17H2,1H3. The number of carbonyl (C=O) groups excluding carboxylic acids is 2. The third-order valence-corrected chi connectivity index (χ3v) is 14.0. The van der Waals surface area contributed by atoms with E-state index in [9.17, 15) is 35.2 Å². The summed E-state index contributed by atoms with van der Waals surface area (Å²) in [5.41, 5.74) is 6.87. The number of ether oxygens (including phenoxy) is 3. The molecule has 2 fully saturated rings. The minimum absolute atomic E-state index is 0.0510. The van der Waals surface area contributed by atoms with Gasteiger partial charge in [0, 0.05) is 42.9 Å². The first kappa shape index (κ1) is 48.2. The van der Waals surface area contributed by atoms with Gasteiger partial charge in [0.15, 0.2) is 5.78 Å². The molecule has 0 unspecified atom stereocenters. The lowest BCUT2D eigenvalue weighted by Crippen LogP contribution is -2.38. The Morgan fingerprint density at radius 2 is 1.05 bits per heavy atom.